The van der Waals surface area contributed by atoms with Crippen LogP contribution in [0.15, 0.2) is 36.7 Å². The second kappa shape index (κ2) is 5.13. The quantitative estimate of drug-likeness (QED) is 0.746. The molecule has 21 heavy (non-hydrogen) atoms. The van der Waals surface area contributed by atoms with Gasteiger partial charge in [0, 0.05) is 0 Å². The van der Waals surface area contributed by atoms with Crippen LogP contribution in [0.2, 0.25) is 0 Å². The molecule has 1 heterocycles. The van der Waals surface area contributed by atoms with Gasteiger partial charge >= 0.3 is 0 Å². The lowest BCUT2D eigenvalue weighted by Crippen LogP contribution is -2.02. The fraction of sp³-hybridized carbons (Fsp3) is 0.235. The molecule has 3 rings (SSSR count). The molecule has 0 bridgehead atoms. The zero-order chi connectivity index (χ0) is 15.0. The summed E-state index contributed by atoms with van der Waals surface area (Å²) >= 11 is 0. The normalized spacial score (nSPS) is 11.0. The minimum atomic E-state index is 0.594. The SMILES string of the molecule is CCOc1cccc(-n2cnc3cc(C)c(C)cc32)c1N. The van der Waals surface area contributed by atoms with E-state index in [1.807, 2.05) is 36.0 Å². The Labute approximate surface area is 124 Å². The van der Waals surface area contributed by atoms with E-state index < -0.39 is 0 Å². The first kappa shape index (κ1) is 13.5. The van der Waals surface area contributed by atoms with Gasteiger partial charge in [-0.15, -0.1) is 0 Å². The van der Waals surface area contributed by atoms with Crippen LogP contribution in [0.25, 0.3) is 16.7 Å². The molecule has 4 heteroatoms. The first-order chi connectivity index (χ1) is 10.1. The third-order valence-electron chi connectivity index (χ3n) is 3.77. The van der Waals surface area contributed by atoms with Crippen molar-refractivity contribution >= 4 is 16.7 Å². The number of nitrogens with two attached hydrogens (primary N) is 1. The number of aromatic nitrogens is 2. The zero-order valence-electron chi connectivity index (χ0n) is 12.6. The van der Waals surface area contributed by atoms with E-state index in [-0.39, 0.29) is 0 Å². The first-order valence-electron chi connectivity index (χ1n) is 7.07. The van der Waals surface area contributed by atoms with Gasteiger partial charge in [0.2, 0.25) is 0 Å². The lowest BCUT2D eigenvalue weighted by Gasteiger charge is -2.13. The Morgan fingerprint density at radius 3 is 2.71 bits per heavy atom. The molecule has 2 N–H and O–H groups in total. The minimum absolute atomic E-state index is 0.594. The van der Waals surface area contributed by atoms with Gasteiger partial charge in [0.1, 0.15) is 12.1 Å². The molecule has 0 saturated carbocycles. The Balaban J connectivity index is 2.21. The lowest BCUT2D eigenvalue weighted by molar-refractivity contribution is 0.342. The van der Waals surface area contributed by atoms with Crippen LogP contribution in [-0.4, -0.2) is 16.2 Å². The van der Waals surface area contributed by atoms with Gasteiger partial charge in [0.05, 0.1) is 29.0 Å². The molecule has 108 valence electrons. The number of benzene rings is 2. The standard InChI is InChI=1S/C17H19N3O/c1-4-21-16-7-5-6-14(17(16)18)20-10-19-13-8-11(2)12(3)9-15(13)20/h5-10H,4,18H2,1-3H3. The van der Waals surface area contributed by atoms with Gasteiger partial charge in [0.15, 0.2) is 0 Å². The van der Waals surface area contributed by atoms with Crippen molar-refractivity contribution in [3.05, 3.63) is 47.8 Å². The molecule has 1 aromatic heterocycles. The molecular formula is C17H19N3O. The number of para-hydroxylation sites is 1. The third kappa shape index (κ3) is 2.23. The summed E-state index contributed by atoms with van der Waals surface area (Å²) in [5.41, 5.74) is 12.3. The molecule has 4 nitrogen and oxygen atoms in total. The maximum absolute atomic E-state index is 6.25. The summed E-state index contributed by atoms with van der Waals surface area (Å²) in [5, 5.41) is 0. The monoisotopic (exact) mass is 281 g/mol. The van der Waals surface area contributed by atoms with Crippen molar-refractivity contribution in [3.8, 4) is 11.4 Å². The Morgan fingerprint density at radius 2 is 1.95 bits per heavy atom. The number of imidazole rings is 1. The van der Waals surface area contributed by atoms with Crippen molar-refractivity contribution in [2.24, 2.45) is 0 Å². The van der Waals surface area contributed by atoms with Gasteiger partial charge < -0.3 is 10.5 Å². The van der Waals surface area contributed by atoms with Gasteiger partial charge in [-0.3, -0.25) is 4.57 Å². The van der Waals surface area contributed by atoms with Gasteiger partial charge in [-0.05, 0) is 56.2 Å². The van der Waals surface area contributed by atoms with Crippen LogP contribution in [0.1, 0.15) is 18.1 Å². The van der Waals surface area contributed by atoms with Crippen molar-refractivity contribution in [2.75, 3.05) is 12.3 Å². The third-order valence-corrected chi connectivity index (χ3v) is 3.77. The summed E-state index contributed by atoms with van der Waals surface area (Å²) in [6, 6.07) is 10.1. The number of nitrogen functional groups attached to an aromatic ring is 1. The lowest BCUT2D eigenvalue weighted by atomic mass is 10.1. The van der Waals surface area contributed by atoms with Crippen LogP contribution in [0.3, 0.4) is 0 Å². The number of nitrogens with zero attached hydrogens (tertiary/aromatic N) is 2. The molecule has 0 spiro atoms. The average molecular weight is 281 g/mol. The molecule has 2 aromatic carbocycles. The van der Waals surface area contributed by atoms with Gasteiger partial charge in [-0.2, -0.15) is 0 Å². The average Bonchev–Trinajstić information content (AvgIpc) is 2.85. The van der Waals surface area contributed by atoms with E-state index in [0.717, 1.165) is 16.7 Å². The predicted octanol–water partition coefficient (Wildman–Crippen LogP) is 3.62. The van der Waals surface area contributed by atoms with Crippen molar-refractivity contribution in [1.29, 1.82) is 0 Å². The van der Waals surface area contributed by atoms with E-state index >= 15 is 0 Å². The van der Waals surface area contributed by atoms with Crippen LogP contribution >= 0.6 is 0 Å². The fourth-order valence-corrected chi connectivity index (χ4v) is 2.48. The number of hydrogen-bond donors (Lipinski definition) is 1. The van der Waals surface area contributed by atoms with Crippen LogP contribution in [0, 0.1) is 13.8 Å². The van der Waals surface area contributed by atoms with Gasteiger partial charge in [0.25, 0.3) is 0 Å². The largest absolute Gasteiger partial charge is 0.492 e. The smallest absolute Gasteiger partial charge is 0.144 e. The Bertz CT molecular complexity index is 805. The number of fused-ring (bicyclic) bond motifs is 1. The fourth-order valence-electron chi connectivity index (χ4n) is 2.48. The molecule has 0 amide bonds. The molecule has 3 aromatic rings. The highest BCUT2D eigenvalue weighted by atomic mass is 16.5. The van der Waals surface area contributed by atoms with E-state index in [1.165, 1.54) is 11.1 Å². The van der Waals surface area contributed by atoms with E-state index in [2.05, 4.69) is 31.0 Å². The van der Waals surface area contributed by atoms with E-state index in [4.69, 9.17) is 10.5 Å². The van der Waals surface area contributed by atoms with Crippen molar-refractivity contribution < 1.29 is 4.74 Å². The van der Waals surface area contributed by atoms with Crippen LogP contribution in [0.5, 0.6) is 5.75 Å². The molecule has 0 aliphatic carbocycles. The summed E-state index contributed by atoms with van der Waals surface area (Å²) in [5.74, 6) is 0.709. The van der Waals surface area contributed by atoms with Crippen LogP contribution in [0.4, 0.5) is 5.69 Å². The number of ether oxygens (including phenoxy) is 1. The van der Waals surface area contributed by atoms with Crippen molar-refractivity contribution in [1.82, 2.24) is 9.55 Å². The highest BCUT2D eigenvalue weighted by molar-refractivity contribution is 5.81. The summed E-state index contributed by atoms with van der Waals surface area (Å²) in [6.07, 6.45) is 1.81. The van der Waals surface area contributed by atoms with Gasteiger partial charge in [-0.25, -0.2) is 4.98 Å². The minimum Gasteiger partial charge on any atom is -0.492 e. The van der Waals surface area contributed by atoms with Crippen LogP contribution in [-0.2, 0) is 0 Å². The van der Waals surface area contributed by atoms with E-state index in [1.54, 1.807) is 0 Å². The Kier molecular flexibility index (Phi) is 3.29. The number of rotatable bonds is 3. The highest BCUT2D eigenvalue weighted by Gasteiger charge is 2.11. The molecule has 0 radical (unpaired) electrons. The number of hydrogen-bond acceptors (Lipinski definition) is 3. The second-order valence-electron chi connectivity index (χ2n) is 5.16. The molecule has 0 saturated heterocycles. The Morgan fingerprint density at radius 1 is 1.19 bits per heavy atom. The molecule has 0 atom stereocenters. The topological polar surface area (TPSA) is 53.1 Å². The second-order valence-corrected chi connectivity index (χ2v) is 5.16. The summed E-state index contributed by atoms with van der Waals surface area (Å²) < 4.78 is 7.59. The summed E-state index contributed by atoms with van der Waals surface area (Å²) in [4.78, 5) is 4.48. The van der Waals surface area contributed by atoms with Crippen molar-refractivity contribution in [3.63, 3.8) is 0 Å². The highest BCUT2D eigenvalue weighted by Crippen LogP contribution is 2.31. The van der Waals surface area contributed by atoms with E-state index in [0.29, 0.717) is 18.0 Å². The molecule has 0 unspecified atom stereocenters. The molecule has 0 aliphatic rings. The maximum atomic E-state index is 6.25. The molecule has 0 fully saturated rings. The first-order valence-corrected chi connectivity index (χ1v) is 7.07. The Hall–Kier alpha value is -2.49. The predicted molar refractivity (Wildman–Crippen MR) is 86.1 cm³/mol. The zero-order valence-corrected chi connectivity index (χ0v) is 12.6. The molecular weight excluding hydrogens is 262 g/mol. The maximum Gasteiger partial charge on any atom is 0.144 e. The molecule has 0 aliphatic heterocycles. The van der Waals surface area contributed by atoms with Gasteiger partial charge in [-0.1, -0.05) is 6.07 Å². The summed E-state index contributed by atoms with van der Waals surface area (Å²) in [6.45, 7) is 6.74. The van der Waals surface area contributed by atoms with Crippen molar-refractivity contribution in [2.45, 2.75) is 20.8 Å². The summed E-state index contributed by atoms with van der Waals surface area (Å²) in [7, 11) is 0. The number of aryl methyl sites for hydroxylation is 2. The van der Waals surface area contributed by atoms with E-state index in [9.17, 15) is 0 Å². The number of anilines is 1. The van der Waals surface area contributed by atoms with Crippen LogP contribution < -0.4 is 10.5 Å².